The molecule has 0 atom stereocenters. The van der Waals surface area contributed by atoms with E-state index in [4.69, 9.17) is 14.2 Å². The number of rotatable bonds is 9. The first kappa shape index (κ1) is 23.0. The second-order valence-corrected chi connectivity index (χ2v) is 7.54. The largest absolute Gasteiger partial charge is 0.489 e. The van der Waals surface area contributed by atoms with Crippen LogP contribution in [0.15, 0.2) is 53.5 Å². The maximum absolute atomic E-state index is 13.6. The van der Waals surface area contributed by atoms with Crippen molar-refractivity contribution in [3.05, 3.63) is 65.5 Å². The van der Waals surface area contributed by atoms with Gasteiger partial charge < -0.3 is 24.4 Å². The van der Waals surface area contributed by atoms with Crippen LogP contribution in [-0.4, -0.2) is 57.4 Å². The van der Waals surface area contributed by atoms with E-state index in [2.05, 4.69) is 34.6 Å². The summed E-state index contributed by atoms with van der Waals surface area (Å²) in [6.45, 7) is 3.81. The van der Waals surface area contributed by atoms with Gasteiger partial charge >= 0.3 is 0 Å². The Balaban J connectivity index is 1.39. The van der Waals surface area contributed by atoms with Crippen LogP contribution in [0.25, 0.3) is 0 Å². The molecule has 0 saturated carbocycles. The minimum absolute atomic E-state index is 0.264. The van der Waals surface area contributed by atoms with Gasteiger partial charge in [0.05, 0.1) is 19.3 Å². The van der Waals surface area contributed by atoms with Crippen molar-refractivity contribution < 1.29 is 18.6 Å². The van der Waals surface area contributed by atoms with Crippen LogP contribution in [0.3, 0.4) is 0 Å². The van der Waals surface area contributed by atoms with Crippen LogP contribution in [-0.2, 0) is 22.6 Å². The number of likely N-dealkylation sites (N-methyl/N-ethyl adjacent to an activating group) is 1. The van der Waals surface area contributed by atoms with Crippen LogP contribution >= 0.6 is 0 Å². The van der Waals surface area contributed by atoms with Gasteiger partial charge in [-0.1, -0.05) is 36.4 Å². The van der Waals surface area contributed by atoms with Crippen LogP contribution in [0.1, 0.15) is 24.0 Å². The molecule has 7 heteroatoms. The zero-order chi connectivity index (χ0) is 21.9. The molecule has 2 aromatic rings. The standard InChI is InChI=1S/C24H32FN3O3/c1-26-24(28(2)13-16-30-23-6-4-3-5-22(23)25)27-17-19-7-9-20(10-8-19)18-31-21-11-14-29-15-12-21/h3-10,21H,11-18H2,1-2H3,(H,26,27). The van der Waals surface area contributed by atoms with Crippen LogP contribution < -0.4 is 10.1 Å². The quantitative estimate of drug-likeness (QED) is 0.488. The maximum atomic E-state index is 13.6. The summed E-state index contributed by atoms with van der Waals surface area (Å²) >= 11 is 0. The lowest BCUT2D eigenvalue weighted by atomic mass is 10.1. The highest BCUT2D eigenvalue weighted by Gasteiger charge is 2.14. The number of para-hydroxylation sites is 1. The van der Waals surface area contributed by atoms with E-state index in [9.17, 15) is 4.39 Å². The molecule has 0 spiro atoms. The van der Waals surface area contributed by atoms with Gasteiger partial charge in [-0.15, -0.1) is 0 Å². The van der Waals surface area contributed by atoms with Gasteiger partial charge in [0.2, 0.25) is 0 Å². The molecule has 0 amide bonds. The Morgan fingerprint density at radius 1 is 1.13 bits per heavy atom. The minimum atomic E-state index is -0.353. The number of nitrogens with one attached hydrogen (secondary N) is 1. The first-order chi connectivity index (χ1) is 15.2. The molecule has 0 unspecified atom stereocenters. The number of halogens is 1. The van der Waals surface area contributed by atoms with Crippen molar-refractivity contribution in [2.45, 2.75) is 32.1 Å². The van der Waals surface area contributed by atoms with Crippen molar-refractivity contribution >= 4 is 5.96 Å². The summed E-state index contributed by atoms with van der Waals surface area (Å²) in [6.07, 6.45) is 2.25. The van der Waals surface area contributed by atoms with Gasteiger partial charge in [0.1, 0.15) is 6.61 Å². The Kier molecular flexibility index (Phi) is 9.12. The molecule has 2 aromatic carbocycles. The zero-order valence-electron chi connectivity index (χ0n) is 18.4. The Morgan fingerprint density at radius 2 is 1.84 bits per heavy atom. The molecular weight excluding hydrogens is 397 g/mol. The second-order valence-electron chi connectivity index (χ2n) is 7.54. The number of benzene rings is 2. The Hall–Kier alpha value is -2.64. The fraction of sp³-hybridized carbons (Fsp3) is 0.458. The monoisotopic (exact) mass is 429 g/mol. The summed E-state index contributed by atoms with van der Waals surface area (Å²) in [4.78, 5) is 6.27. The number of hydrogen-bond acceptors (Lipinski definition) is 4. The third-order valence-electron chi connectivity index (χ3n) is 5.22. The fourth-order valence-electron chi connectivity index (χ4n) is 3.34. The fourth-order valence-corrected chi connectivity index (χ4v) is 3.34. The summed E-state index contributed by atoms with van der Waals surface area (Å²) in [5, 5.41) is 3.35. The summed E-state index contributed by atoms with van der Waals surface area (Å²) in [5.74, 6) is 0.665. The van der Waals surface area contributed by atoms with Crippen molar-refractivity contribution in [1.82, 2.24) is 10.2 Å². The van der Waals surface area contributed by atoms with Gasteiger partial charge in [-0.05, 0) is 36.1 Å². The average Bonchev–Trinajstić information content (AvgIpc) is 2.81. The topological polar surface area (TPSA) is 55.3 Å². The smallest absolute Gasteiger partial charge is 0.193 e. The van der Waals surface area contributed by atoms with Crippen molar-refractivity contribution in [2.75, 3.05) is 40.5 Å². The molecule has 3 rings (SSSR count). The average molecular weight is 430 g/mol. The number of ether oxygens (including phenoxy) is 3. The van der Waals surface area contributed by atoms with Gasteiger partial charge in [-0.2, -0.15) is 0 Å². The van der Waals surface area contributed by atoms with Gasteiger partial charge in [0.25, 0.3) is 0 Å². The van der Waals surface area contributed by atoms with E-state index in [0.29, 0.717) is 32.4 Å². The predicted molar refractivity (Wildman–Crippen MR) is 120 cm³/mol. The molecule has 6 nitrogen and oxygen atoms in total. The van der Waals surface area contributed by atoms with Crippen molar-refractivity contribution in [3.63, 3.8) is 0 Å². The van der Waals surface area contributed by atoms with Gasteiger partial charge in [0, 0.05) is 33.9 Å². The van der Waals surface area contributed by atoms with Crippen molar-refractivity contribution in [3.8, 4) is 5.75 Å². The second kappa shape index (κ2) is 12.3. The summed E-state index contributed by atoms with van der Waals surface area (Å²) in [5.41, 5.74) is 2.33. The van der Waals surface area contributed by atoms with Crippen LogP contribution in [0.4, 0.5) is 4.39 Å². The van der Waals surface area contributed by atoms with E-state index >= 15 is 0 Å². The molecule has 1 heterocycles. The first-order valence-electron chi connectivity index (χ1n) is 10.7. The first-order valence-corrected chi connectivity index (χ1v) is 10.7. The van der Waals surface area contributed by atoms with Crippen molar-refractivity contribution in [1.29, 1.82) is 0 Å². The molecule has 31 heavy (non-hydrogen) atoms. The number of aliphatic imine (C=N–C) groups is 1. The summed E-state index contributed by atoms with van der Waals surface area (Å²) in [7, 11) is 3.67. The van der Waals surface area contributed by atoms with Crippen LogP contribution in [0.5, 0.6) is 5.75 Å². The molecular formula is C24H32FN3O3. The number of hydrogen-bond donors (Lipinski definition) is 1. The predicted octanol–water partition coefficient (Wildman–Crippen LogP) is 3.61. The third kappa shape index (κ3) is 7.52. The highest BCUT2D eigenvalue weighted by molar-refractivity contribution is 5.79. The maximum Gasteiger partial charge on any atom is 0.193 e. The SMILES string of the molecule is CN=C(NCc1ccc(COC2CCOCC2)cc1)N(C)CCOc1ccccc1F. The molecule has 1 aliphatic rings. The van der Waals surface area contributed by atoms with Crippen molar-refractivity contribution in [2.24, 2.45) is 4.99 Å². The lowest BCUT2D eigenvalue weighted by molar-refractivity contribution is -0.0390. The molecule has 1 N–H and O–H groups in total. The molecule has 1 saturated heterocycles. The molecule has 0 aromatic heterocycles. The normalized spacial score (nSPS) is 15.0. The number of guanidine groups is 1. The van der Waals surface area contributed by atoms with Gasteiger partial charge in [-0.25, -0.2) is 4.39 Å². The van der Waals surface area contributed by atoms with Gasteiger partial charge in [0.15, 0.2) is 17.5 Å². The zero-order valence-corrected chi connectivity index (χ0v) is 18.4. The minimum Gasteiger partial charge on any atom is -0.489 e. The van der Waals surface area contributed by atoms with E-state index in [0.717, 1.165) is 37.6 Å². The lowest BCUT2D eigenvalue weighted by Gasteiger charge is -2.23. The van der Waals surface area contributed by atoms with E-state index < -0.39 is 0 Å². The summed E-state index contributed by atoms with van der Waals surface area (Å²) in [6, 6.07) is 14.8. The lowest BCUT2D eigenvalue weighted by Crippen LogP contribution is -2.40. The molecule has 168 valence electrons. The number of nitrogens with zero attached hydrogens (tertiary/aromatic N) is 2. The van der Waals surface area contributed by atoms with Crippen LogP contribution in [0, 0.1) is 5.82 Å². The Bertz CT molecular complexity index is 823. The Morgan fingerprint density at radius 3 is 2.55 bits per heavy atom. The molecule has 0 bridgehead atoms. The Labute approximate surface area is 184 Å². The highest BCUT2D eigenvalue weighted by Crippen LogP contribution is 2.15. The van der Waals surface area contributed by atoms with E-state index in [1.165, 1.54) is 11.6 Å². The molecule has 1 fully saturated rings. The molecule has 1 aliphatic heterocycles. The van der Waals surface area contributed by atoms with E-state index in [1.54, 1.807) is 25.2 Å². The summed E-state index contributed by atoms with van der Waals surface area (Å²) < 4.78 is 30.5. The highest BCUT2D eigenvalue weighted by atomic mass is 19.1. The van der Waals surface area contributed by atoms with E-state index in [-0.39, 0.29) is 11.6 Å². The van der Waals surface area contributed by atoms with E-state index in [1.807, 2.05) is 11.9 Å². The molecule has 0 radical (unpaired) electrons. The third-order valence-corrected chi connectivity index (χ3v) is 5.22. The molecule has 0 aliphatic carbocycles. The van der Waals surface area contributed by atoms with Crippen LogP contribution in [0.2, 0.25) is 0 Å². The van der Waals surface area contributed by atoms with Gasteiger partial charge in [-0.3, -0.25) is 4.99 Å².